The second-order valence-corrected chi connectivity index (χ2v) is 4.58. The molecule has 9 heteroatoms. The van der Waals surface area contributed by atoms with Crippen LogP contribution in [0.5, 0.6) is 0 Å². The number of nitrogen functional groups attached to an aromatic ring is 1. The minimum atomic E-state index is -0.846. The Labute approximate surface area is 97.2 Å². The maximum absolute atomic E-state index is 13.3. The van der Waals surface area contributed by atoms with E-state index in [1.165, 1.54) is 6.33 Å². The number of nitrogens with one attached hydrogen (secondary N) is 1. The summed E-state index contributed by atoms with van der Waals surface area (Å²) >= 11 is 2.05. The van der Waals surface area contributed by atoms with Crippen molar-refractivity contribution < 1.29 is 8.78 Å². The van der Waals surface area contributed by atoms with Crippen molar-refractivity contribution in [2.24, 2.45) is 5.84 Å². The molecular weight excluding hydrogens is 256 g/mol. The number of halogens is 2. The van der Waals surface area contributed by atoms with E-state index in [1.54, 1.807) is 0 Å². The molecule has 0 bridgehead atoms. The number of nitrogens with zero attached hydrogens (tertiary/aromatic N) is 3. The van der Waals surface area contributed by atoms with Gasteiger partial charge in [0.1, 0.15) is 11.4 Å². The summed E-state index contributed by atoms with van der Waals surface area (Å²) in [5.74, 6) is 3.21. The minimum Gasteiger partial charge on any atom is -0.306 e. The van der Waals surface area contributed by atoms with Gasteiger partial charge in [-0.05, 0) is 23.3 Å². The Hall–Kier alpha value is -1.32. The molecule has 0 aliphatic carbocycles. The molecule has 0 saturated heterocycles. The summed E-state index contributed by atoms with van der Waals surface area (Å²) in [5.41, 5.74) is 2.04. The van der Waals surface area contributed by atoms with Gasteiger partial charge in [-0.3, -0.25) is 0 Å². The lowest BCUT2D eigenvalue weighted by Gasteiger charge is -2.04. The van der Waals surface area contributed by atoms with E-state index in [0.29, 0.717) is 10.4 Å². The van der Waals surface area contributed by atoms with E-state index in [4.69, 9.17) is 5.84 Å². The molecule has 5 nitrogen and oxygen atoms in total. The predicted octanol–water partition coefficient (Wildman–Crippen LogP) is 1.65. The molecule has 0 saturated carbocycles. The first-order chi connectivity index (χ1) is 7.70. The highest BCUT2D eigenvalue weighted by Gasteiger charge is 2.13. The fraction of sp³-hybridized carbons (Fsp3) is 0. The molecule has 0 atom stereocenters. The van der Waals surface area contributed by atoms with Crippen LogP contribution in [0.25, 0.3) is 0 Å². The van der Waals surface area contributed by atoms with Gasteiger partial charge in [-0.25, -0.2) is 24.6 Å². The van der Waals surface area contributed by atoms with Crippen LogP contribution in [-0.2, 0) is 0 Å². The lowest BCUT2D eigenvalue weighted by molar-refractivity contribution is 0.551. The number of hydrazine groups is 1. The van der Waals surface area contributed by atoms with Crippen LogP contribution in [0.3, 0.4) is 0 Å². The molecule has 0 unspecified atom stereocenters. The highest BCUT2D eigenvalue weighted by molar-refractivity contribution is 8.00. The Balaban J connectivity index is 2.33. The molecule has 84 valence electrons. The van der Waals surface area contributed by atoms with Crippen molar-refractivity contribution in [3.63, 3.8) is 0 Å². The number of pyridine rings is 1. The molecule has 2 aromatic heterocycles. The van der Waals surface area contributed by atoms with Crippen LogP contribution in [0.15, 0.2) is 21.8 Å². The molecule has 0 fully saturated rings. The summed E-state index contributed by atoms with van der Waals surface area (Å²) in [6, 6.07) is 0.714. The van der Waals surface area contributed by atoms with Crippen molar-refractivity contribution in [1.82, 2.24) is 14.3 Å². The number of aromatic nitrogens is 3. The van der Waals surface area contributed by atoms with Crippen LogP contribution < -0.4 is 11.3 Å². The van der Waals surface area contributed by atoms with Crippen LogP contribution in [0.2, 0.25) is 0 Å². The van der Waals surface area contributed by atoms with Gasteiger partial charge in [-0.1, -0.05) is 0 Å². The SMILES string of the molecule is NNc1nc(Sc2ncns2)c(F)cc1F. The third kappa shape index (κ3) is 2.26. The normalized spacial score (nSPS) is 10.4. The first-order valence-electron chi connectivity index (χ1n) is 3.98. The topological polar surface area (TPSA) is 76.7 Å². The van der Waals surface area contributed by atoms with Gasteiger partial charge in [0.25, 0.3) is 0 Å². The monoisotopic (exact) mass is 261 g/mol. The van der Waals surface area contributed by atoms with Crippen molar-refractivity contribution in [3.8, 4) is 0 Å². The Kier molecular flexibility index (Phi) is 3.27. The quantitative estimate of drug-likeness (QED) is 0.646. The zero-order valence-corrected chi connectivity index (χ0v) is 9.28. The molecular formula is C7H5F2N5S2. The number of hydrogen-bond acceptors (Lipinski definition) is 7. The molecule has 2 heterocycles. The van der Waals surface area contributed by atoms with E-state index < -0.39 is 11.6 Å². The van der Waals surface area contributed by atoms with Crippen LogP contribution in [0.4, 0.5) is 14.6 Å². The Morgan fingerprint density at radius 1 is 1.38 bits per heavy atom. The third-order valence-electron chi connectivity index (χ3n) is 1.56. The fourth-order valence-electron chi connectivity index (χ4n) is 0.913. The summed E-state index contributed by atoms with van der Waals surface area (Å²) in [5, 5.41) is -0.00824. The van der Waals surface area contributed by atoms with E-state index in [0.717, 1.165) is 23.3 Å². The smallest absolute Gasteiger partial charge is 0.177 e. The predicted molar refractivity (Wildman–Crippen MR) is 56.0 cm³/mol. The number of anilines is 1. The van der Waals surface area contributed by atoms with Crippen LogP contribution in [0.1, 0.15) is 0 Å². The number of hydrogen-bond donors (Lipinski definition) is 2. The molecule has 16 heavy (non-hydrogen) atoms. The molecule has 0 amide bonds. The van der Waals surface area contributed by atoms with Crippen molar-refractivity contribution in [1.29, 1.82) is 0 Å². The van der Waals surface area contributed by atoms with E-state index in [9.17, 15) is 8.78 Å². The van der Waals surface area contributed by atoms with Gasteiger partial charge in [-0.2, -0.15) is 4.37 Å². The lowest BCUT2D eigenvalue weighted by atomic mass is 10.4. The summed E-state index contributed by atoms with van der Waals surface area (Å²) in [6.07, 6.45) is 1.34. The fourth-order valence-corrected chi connectivity index (χ4v) is 2.27. The van der Waals surface area contributed by atoms with Gasteiger partial charge in [-0.15, -0.1) is 0 Å². The summed E-state index contributed by atoms with van der Waals surface area (Å²) in [4.78, 5) is 7.53. The molecule has 0 aliphatic rings. The van der Waals surface area contributed by atoms with E-state index in [1.807, 2.05) is 5.43 Å². The van der Waals surface area contributed by atoms with Gasteiger partial charge in [0, 0.05) is 6.07 Å². The Morgan fingerprint density at radius 2 is 2.19 bits per heavy atom. The molecule has 0 aromatic carbocycles. The molecule has 0 radical (unpaired) electrons. The van der Waals surface area contributed by atoms with Crippen LogP contribution in [0, 0.1) is 11.6 Å². The second kappa shape index (κ2) is 4.68. The second-order valence-electron chi connectivity index (χ2n) is 2.56. The molecule has 0 spiro atoms. The van der Waals surface area contributed by atoms with Crippen molar-refractivity contribution in [3.05, 3.63) is 24.0 Å². The highest BCUT2D eigenvalue weighted by atomic mass is 32.2. The van der Waals surface area contributed by atoms with E-state index in [-0.39, 0.29) is 10.8 Å². The number of nitrogens with two attached hydrogens (primary N) is 1. The molecule has 3 N–H and O–H groups in total. The summed E-state index contributed by atoms with van der Waals surface area (Å²) < 4.78 is 30.6. The van der Waals surface area contributed by atoms with Crippen molar-refractivity contribution >= 4 is 29.1 Å². The molecule has 2 aromatic rings. The largest absolute Gasteiger partial charge is 0.306 e. The Bertz CT molecular complexity index is 490. The summed E-state index contributed by atoms with van der Waals surface area (Å²) in [6.45, 7) is 0. The first-order valence-corrected chi connectivity index (χ1v) is 5.57. The maximum atomic E-state index is 13.3. The minimum absolute atomic E-state index is 0.00824. The lowest BCUT2D eigenvalue weighted by Crippen LogP contribution is -2.11. The Morgan fingerprint density at radius 3 is 2.81 bits per heavy atom. The maximum Gasteiger partial charge on any atom is 0.177 e. The number of rotatable bonds is 3. The first kappa shape index (κ1) is 11.2. The van der Waals surface area contributed by atoms with Gasteiger partial charge in [0.2, 0.25) is 0 Å². The molecule has 0 aliphatic heterocycles. The van der Waals surface area contributed by atoms with Crippen LogP contribution >= 0.6 is 23.3 Å². The van der Waals surface area contributed by atoms with Crippen LogP contribution in [-0.4, -0.2) is 14.3 Å². The molecule has 2 rings (SSSR count). The zero-order valence-electron chi connectivity index (χ0n) is 7.65. The van der Waals surface area contributed by atoms with E-state index >= 15 is 0 Å². The van der Waals surface area contributed by atoms with Gasteiger partial charge in [0.05, 0.1) is 0 Å². The van der Waals surface area contributed by atoms with Crippen molar-refractivity contribution in [2.45, 2.75) is 9.37 Å². The van der Waals surface area contributed by atoms with Gasteiger partial charge in [0.15, 0.2) is 21.8 Å². The zero-order chi connectivity index (χ0) is 11.5. The summed E-state index contributed by atoms with van der Waals surface area (Å²) in [7, 11) is 0. The van der Waals surface area contributed by atoms with Gasteiger partial charge >= 0.3 is 0 Å². The van der Waals surface area contributed by atoms with E-state index in [2.05, 4.69) is 14.3 Å². The standard InChI is InChI=1S/C7H5F2N5S2/c8-3-1-4(9)6(13-5(3)14-10)15-7-11-2-12-16-7/h1-2H,10H2,(H,13,14). The highest BCUT2D eigenvalue weighted by Crippen LogP contribution is 2.30. The van der Waals surface area contributed by atoms with Gasteiger partial charge < -0.3 is 5.43 Å². The third-order valence-corrected chi connectivity index (χ3v) is 3.25. The van der Waals surface area contributed by atoms with Crippen molar-refractivity contribution in [2.75, 3.05) is 5.43 Å². The average molecular weight is 261 g/mol. The average Bonchev–Trinajstić information content (AvgIpc) is 2.75.